The predicted molar refractivity (Wildman–Crippen MR) is 91.0 cm³/mol. The van der Waals surface area contributed by atoms with Gasteiger partial charge in [-0.3, -0.25) is 4.79 Å². The maximum Gasteiger partial charge on any atom is 0.220 e. The molecule has 2 N–H and O–H groups in total. The Kier molecular flexibility index (Phi) is 4.06. The average molecular weight is 311 g/mol. The van der Waals surface area contributed by atoms with Crippen LogP contribution in [-0.4, -0.2) is 22.4 Å². The highest BCUT2D eigenvalue weighted by molar-refractivity contribution is 5.76. The highest BCUT2D eigenvalue weighted by atomic mass is 16.1. The molecule has 0 spiro atoms. The van der Waals surface area contributed by atoms with Gasteiger partial charge in [0.2, 0.25) is 5.91 Å². The molecule has 1 aromatic heterocycles. The number of para-hydroxylation sites is 2. The molecule has 2 fully saturated rings. The van der Waals surface area contributed by atoms with Crippen LogP contribution in [-0.2, 0) is 11.2 Å². The first-order valence-corrected chi connectivity index (χ1v) is 8.98. The highest BCUT2D eigenvalue weighted by Crippen LogP contribution is 2.49. The van der Waals surface area contributed by atoms with Gasteiger partial charge in [0.15, 0.2) is 0 Å². The van der Waals surface area contributed by atoms with Gasteiger partial charge < -0.3 is 10.3 Å². The number of amides is 1. The van der Waals surface area contributed by atoms with Crippen molar-refractivity contribution < 1.29 is 4.79 Å². The number of H-pyrrole nitrogens is 1. The Morgan fingerprint density at radius 2 is 2.17 bits per heavy atom. The standard InChI is InChI=1S/C19H25N3O/c23-19(12-15-11-13-7-8-14(15)10-13)20-9-3-6-18-21-16-4-1-2-5-17(16)22-18/h1-2,4-5,13-15H,3,6-12H2,(H,20,23)(H,21,22)/t13-,14-,15+/m0/s1. The van der Waals surface area contributed by atoms with Gasteiger partial charge in [-0.2, -0.15) is 0 Å². The van der Waals surface area contributed by atoms with Crippen LogP contribution in [0, 0.1) is 17.8 Å². The van der Waals surface area contributed by atoms with Crippen molar-refractivity contribution in [3.8, 4) is 0 Å². The number of nitrogens with one attached hydrogen (secondary N) is 2. The third-order valence-corrected chi connectivity index (χ3v) is 5.68. The Labute approximate surface area is 137 Å². The second-order valence-corrected chi connectivity index (χ2v) is 7.29. The zero-order valence-electron chi connectivity index (χ0n) is 13.6. The smallest absolute Gasteiger partial charge is 0.220 e. The molecule has 2 aliphatic carbocycles. The van der Waals surface area contributed by atoms with E-state index >= 15 is 0 Å². The molecule has 23 heavy (non-hydrogen) atoms. The van der Waals surface area contributed by atoms with Gasteiger partial charge in [-0.05, 0) is 55.6 Å². The quantitative estimate of drug-likeness (QED) is 0.803. The summed E-state index contributed by atoms with van der Waals surface area (Å²) in [6.45, 7) is 0.747. The summed E-state index contributed by atoms with van der Waals surface area (Å²) in [7, 11) is 0. The van der Waals surface area contributed by atoms with E-state index in [1.807, 2.05) is 24.3 Å². The van der Waals surface area contributed by atoms with Gasteiger partial charge >= 0.3 is 0 Å². The van der Waals surface area contributed by atoms with E-state index in [0.29, 0.717) is 5.92 Å². The number of rotatable bonds is 6. The minimum Gasteiger partial charge on any atom is -0.356 e. The number of aromatic amines is 1. The number of fused-ring (bicyclic) bond motifs is 3. The number of benzene rings is 1. The molecule has 2 bridgehead atoms. The molecular formula is C19H25N3O. The number of carbonyl (C=O) groups is 1. The summed E-state index contributed by atoms with van der Waals surface area (Å²) in [4.78, 5) is 20.0. The van der Waals surface area contributed by atoms with Crippen LogP contribution in [0.3, 0.4) is 0 Å². The molecule has 1 aromatic carbocycles. The van der Waals surface area contributed by atoms with Gasteiger partial charge in [0.1, 0.15) is 5.82 Å². The Hall–Kier alpha value is -1.84. The fraction of sp³-hybridized carbons (Fsp3) is 0.579. The molecule has 0 aliphatic heterocycles. The molecule has 3 atom stereocenters. The molecule has 0 unspecified atom stereocenters. The zero-order valence-corrected chi connectivity index (χ0v) is 13.6. The van der Waals surface area contributed by atoms with Gasteiger partial charge in [-0.1, -0.05) is 18.6 Å². The van der Waals surface area contributed by atoms with E-state index in [4.69, 9.17) is 0 Å². The van der Waals surface area contributed by atoms with Crippen LogP contribution in [0.5, 0.6) is 0 Å². The fourth-order valence-electron chi connectivity index (χ4n) is 4.54. The maximum atomic E-state index is 12.1. The molecular weight excluding hydrogens is 286 g/mol. The molecule has 2 aliphatic rings. The number of hydrogen-bond acceptors (Lipinski definition) is 2. The maximum absolute atomic E-state index is 12.1. The molecule has 2 aromatic rings. The van der Waals surface area contributed by atoms with E-state index in [1.165, 1.54) is 25.7 Å². The zero-order chi connectivity index (χ0) is 15.6. The van der Waals surface area contributed by atoms with Crippen molar-refractivity contribution in [1.82, 2.24) is 15.3 Å². The van der Waals surface area contributed by atoms with Crippen molar-refractivity contribution >= 4 is 16.9 Å². The van der Waals surface area contributed by atoms with Crippen molar-refractivity contribution in [3.63, 3.8) is 0 Å². The molecule has 4 rings (SSSR count). The number of aryl methyl sites for hydroxylation is 1. The summed E-state index contributed by atoms with van der Waals surface area (Å²) in [5.41, 5.74) is 2.10. The SMILES string of the molecule is O=C(C[C@H]1C[C@H]2CC[C@H]1C2)NCCCc1nc2ccccc2[nH]1. The lowest BCUT2D eigenvalue weighted by Gasteiger charge is -2.20. The number of hydrogen-bond donors (Lipinski definition) is 2. The Balaban J connectivity index is 1.19. The van der Waals surface area contributed by atoms with E-state index in [-0.39, 0.29) is 5.91 Å². The first kappa shape index (κ1) is 14.7. The van der Waals surface area contributed by atoms with Crippen LogP contribution in [0.4, 0.5) is 0 Å². The van der Waals surface area contributed by atoms with Crippen molar-refractivity contribution in [1.29, 1.82) is 0 Å². The Morgan fingerprint density at radius 1 is 1.26 bits per heavy atom. The molecule has 2 saturated carbocycles. The van der Waals surface area contributed by atoms with E-state index in [2.05, 4.69) is 15.3 Å². The summed E-state index contributed by atoms with van der Waals surface area (Å²) >= 11 is 0. The first-order valence-electron chi connectivity index (χ1n) is 8.98. The van der Waals surface area contributed by atoms with Gasteiger partial charge in [-0.15, -0.1) is 0 Å². The van der Waals surface area contributed by atoms with Crippen molar-refractivity contribution in [2.75, 3.05) is 6.54 Å². The van der Waals surface area contributed by atoms with Crippen LogP contribution >= 0.6 is 0 Å². The lowest BCUT2D eigenvalue weighted by molar-refractivity contribution is -0.122. The fourth-order valence-corrected chi connectivity index (χ4v) is 4.54. The van der Waals surface area contributed by atoms with Gasteiger partial charge in [0.25, 0.3) is 0 Å². The second kappa shape index (κ2) is 6.34. The molecule has 4 heteroatoms. The third kappa shape index (κ3) is 3.26. The van der Waals surface area contributed by atoms with E-state index in [1.54, 1.807) is 0 Å². The molecule has 122 valence electrons. The lowest BCUT2D eigenvalue weighted by atomic mass is 9.86. The van der Waals surface area contributed by atoms with Crippen LogP contribution < -0.4 is 5.32 Å². The summed E-state index contributed by atoms with van der Waals surface area (Å²) < 4.78 is 0. The van der Waals surface area contributed by atoms with Crippen LogP contribution in [0.25, 0.3) is 11.0 Å². The van der Waals surface area contributed by atoms with Crippen LogP contribution in [0.1, 0.15) is 44.3 Å². The van der Waals surface area contributed by atoms with E-state index in [0.717, 1.165) is 54.5 Å². The number of aromatic nitrogens is 2. The molecule has 0 radical (unpaired) electrons. The van der Waals surface area contributed by atoms with Crippen LogP contribution in [0.2, 0.25) is 0 Å². The average Bonchev–Trinajstić information content (AvgIpc) is 3.25. The molecule has 1 amide bonds. The summed E-state index contributed by atoms with van der Waals surface area (Å²) in [6, 6.07) is 8.08. The van der Waals surface area contributed by atoms with Crippen molar-refractivity contribution in [2.24, 2.45) is 17.8 Å². The second-order valence-electron chi connectivity index (χ2n) is 7.29. The Bertz CT molecular complexity index is 660. The predicted octanol–water partition coefficient (Wildman–Crippen LogP) is 3.44. The van der Waals surface area contributed by atoms with Crippen molar-refractivity contribution in [3.05, 3.63) is 30.1 Å². The van der Waals surface area contributed by atoms with Gasteiger partial charge in [0, 0.05) is 19.4 Å². The van der Waals surface area contributed by atoms with Gasteiger partial charge in [-0.25, -0.2) is 4.98 Å². The highest BCUT2D eigenvalue weighted by Gasteiger charge is 2.39. The minimum atomic E-state index is 0.243. The lowest BCUT2D eigenvalue weighted by Crippen LogP contribution is -2.28. The minimum absolute atomic E-state index is 0.243. The molecule has 0 saturated heterocycles. The van der Waals surface area contributed by atoms with Crippen LogP contribution in [0.15, 0.2) is 24.3 Å². The summed E-state index contributed by atoms with van der Waals surface area (Å²) in [6.07, 6.45) is 7.98. The topological polar surface area (TPSA) is 57.8 Å². The Morgan fingerprint density at radius 3 is 2.96 bits per heavy atom. The van der Waals surface area contributed by atoms with Gasteiger partial charge in [0.05, 0.1) is 11.0 Å². The number of imidazole rings is 1. The first-order chi connectivity index (χ1) is 11.3. The number of nitrogens with zero attached hydrogens (tertiary/aromatic N) is 1. The van der Waals surface area contributed by atoms with E-state index in [9.17, 15) is 4.79 Å². The largest absolute Gasteiger partial charge is 0.356 e. The van der Waals surface area contributed by atoms with Crippen molar-refractivity contribution in [2.45, 2.75) is 44.9 Å². The van der Waals surface area contributed by atoms with E-state index < -0.39 is 0 Å². The third-order valence-electron chi connectivity index (χ3n) is 5.68. The summed E-state index contributed by atoms with van der Waals surface area (Å²) in [5, 5.41) is 3.09. The summed E-state index contributed by atoms with van der Waals surface area (Å²) in [5.74, 6) is 3.66. The molecule has 1 heterocycles. The monoisotopic (exact) mass is 311 g/mol. The normalized spacial score (nSPS) is 26.0. The number of carbonyl (C=O) groups excluding carboxylic acids is 1. The molecule has 4 nitrogen and oxygen atoms in total.